The highest BCUT2D eigenvalue weighted by Gasteiger charge is 2.16. The van der Waals surface area contributed by atoms with E-state index >= 15 is 0 Å². The lowest BCUT2D eigenvalue weighted by molar-refractivity contribution is 0.102. The lowest BCUT2D eigenvalue weighted by Crippen LogP contribution is -2.30. The van der Waals surface area contributed by atoms with E-state index < -0.39 is 0 Å². The van der Waals surface area contributed by atoms with Crippen molar-refractivity contribution in [1.29, 1.82) is 0 Å². The number of piperidine rings is 1. The fourth-order valence-corrected chi connectivity index (χ4v) is 3.54. The number of rotatable bonds is 3. The summed E-state index contributed by atoms with van der Waals surface area (Å²) in [4.78, 5) is 14.4. The Bertz CT molecular complexity index is 763. The molecule has 24 heavy (non-hydrogen) atoms. The lowest BCUT2D eigenvalue weighted by Gasteiger charge is -2.29. The first-order valence-electron chi connectivity index (χ1n) is 7.85. The number of hydrogen-bond acceptors (Lipinski definition) is 2. The van der Waals surface area contributed by atoms with Crippen LogP contribution in [0.4, 0.5) is 15.8 Å². The Kier molecular flexibility index (Phi) is 5.61. The zero-order valence-corrected chi connectivity index (χ0v) is 15.9. The number of anilines is 2. The van der Waals surface area contributed by atoms with Crippen LogP contribution in [0.5, 0.6) is 0 Å². The van der Waals surface area contributed by atoms with Crippen molar-refractivity contribution in [2.75, 3.05) is 23.3 Å². The quantitative estimate of drug-likeness (QED) is 0.631. The minimum absolute atomic E-state index is 0.316. The van der Waals surface area contributed by atoms with Crippen molar-refractivity contribution in [2.45, 2.75) is 19.3 Å². The van der Waals surface area contributed by atoms with Crippen molar-refractivity contribution in [1.82, 2.24) is 0 Å². The lowest BCUT2D eigenvalue weighted by atomic mass is 10.1. The van der Waals surface area contributed by atoms with Crippen LogP contribution < -0.4 is 10.2 Å². The van der Waals surface area contributed by atoms with Crippen molar-refractivity contribution in [3.05, 3.63) is 56.4 Å². The molecule has 1 aliphatic rings. The van der Waals surface area contributed by atoms with Gasteiger partial charge in [-0.05, 0) is 78.3 Å². The second-order valence-corrected chi connectivity index (χ2v) is 7.45. The number of nitrogens with zero attached hydrogens (tertiary/aromatic N) is 1. The Morgan fingerprint density at radius 3 is 2.58 bits per heavy atom. The maximum absolute atomic E-state index is 14.4. The molecule has 2 aromatic rings. The highest BCUT2D eigenvalue weighted by Crippen LogP contribution is 2.26. The molecule has 0 bridgehead atoms. The molecule has 1 amide bonds. The standard InChI is InChI=1S/C18H17ClFIN2O/c19-15-6-4-12(21)10-14(15)18(24)22-13-5-7-17(16(20)11-13)23-8-2-1-3-9-23/h4-7,10-11H,1-3,8-9H2,(H,22,24). The summed E-state index contributed by atoms with van der Waals surface area (Å²) >= 11 is 8.19. The van der Waals surface area contributed by atoms with Crippen LogP contribution in [0.3, 0.4) is 0 Å². The summed E-state index contributed by atoms with van der Waals surface area (Å²) in [5.41, 5.74) is 1.40. The van der Waals surface area contributed by atoms with Gasteiger partial charge >= 0.3 is 0 Å². The van der Waals surface area contributed by atoms with E-state index in [0.717, 1.165) is 29.5 Å². The van der Waals surface area contributed by atoms with Gasteiger partial charge in [-0.1, -0.05) is 11.6 Å². The molecule has 1 N–H and O–H groups in total. The molecule has 1 aliphatic heterocycles. The Morgan fingerprint density at radius 2 is 1.88 bits per heavy atom. The monoisotopic (exact) mass is 458 g/mol. The van der Waals surface area contributed by atoms with Gasteiger partial charge in [0.25, 0.3) is 5.91 Å². The molecule has 126 valence electrons. The minimum atomic E-state index is -0.344. The average molecular weight is 459 g/mol. The predicted octanol–water partition coefficient (Wildman–Crippen LogP) is 5.33. The van der Waals surface area contributed by atoms with E-state index in [-0.39, 0.29) is 11.7 Å². The molecule has 0 saturated carbocycles. The molecular weight excluding hydrogens is 442 g/mol. The van der Waals surface area contributed by atoms with Crippen molar-refractivity contribution in [2.24, 2.45) is 0 Å². The van der Waals surface area contributed by atoms with Gasteiger partial charge in [0, 0.05) is 22.3 Å². The zero-order valence-electron chi connectivity index (χ0n) is 13.0. The first kappa shape index (κ1) is 17.5. The van der Waals surface area contributed by atoms with Crippen LogP contribution in [-0.4, -0.2) is 19.0 Å². The normalized spacial score (nSPS) is 14.5. The minimum Gasteiger partial charge on any atom is -0.369 e. The van der Waals surface area contributed by atoms with Gasteiger partial charge in [0.05, 0.1) is 16.3 Å². The molecule has 0 aromatic heterocycles. The second-order valence-electron chi connectivity index (χ2n) is 5.79. The summed E-state index contributed by atoms with van der Waals surface area (Å²) in [6.07, 6.45) is 3.37. The third kappa shape index (κ3) is 4.00. The summed E-state index contributed by atoms with van der Waals surface area (Å²) in [6.45, 7) is 1.75. The fraction of sp³-hybridized carbons (Fsp3) is 0.278. The Morgan fingerprint density at radius 1 is 1.12 bits per heavy atom. The van der Waals surface area contributed by atoms with E-state index in [4.69, 9.17) is 11.6 Å². The van der Waals surface area contributed by atoms with E-state index in [1.807, 2.05) is 6.07 Å². The van der Waals surface area contributed by atoms with Crippen molar-refractivity contribution in [3.63, 3.8) is 0 Å². The van der Waals surface area contributed by atoms with Gasteiger partial charge in [-0.15, -0.1) is 0 Å². The van der Waals surface area contributed by atoms with Gasteiger partial charge in [-0.3, -0.25) is 4.79 Å². The predicted molar refractivity (Wildman–Crippen MR) is 105 cm³/mol. The molecular formula is C18H17ClFIN2O. The van der Waals surface area contributed by atoms with Gasteiger partial charge in [0.15, 0.2) is 0 Å². The number of carbonyl (C=O) groups excluding carboxylic acids is 1. The maximum Gasteiger partial charge on any atom is 0.257 e. The van der Waals surface area contributed by atoms with Gasteiger partial charge in [-0.25, -0.2) is 4.39 Å². The van der Waals surface area contributed by atoms with Crippen LogP contribution in [0, 0.1) is 9.39 Å². The first-order valence-corrected chi connectivity index (χ1v) is 9.31. The molecule has 0 aliphatic carbocycles. The summed E-state index contributed by atoms with van der Waals surface area (Å²) in [6, 6.07) is 10.0. The molecule has 2 aromatic carbocycles. The number of carbonyl (C=O) groups is 1. The average Bonchev–Trinajstić information content (AvgIpc) is 2.58. The molecule has 6 heteroatoms. The topological polar surface area (TPSA) is 32.3 Å². The third-order valence-electron chi connectivity index (χ3n) is 4.08. The number of benzene rings is 2. The SMILES string of the molecule is O=C(Nc1ccc(N2CCCCC2)c(F)c1)c1cc(I)ccc1Cl. The van der Waals surface area contributed by atoms with Crippen LogP contribution in [0.15, 0.2) is 36.4 Å². The molecule has 1 saturated heterocycles. The first-order chi connectivity index (χ1) is 11.5. The van der Waals surface area contributed by atoms with Crippen LogP contribution in [0.25, 0.3) is 0 Å². The van der Waals surface area contributed by atoms with Gasteiger partial charge in [-0.2, -0.15) is 0 Å². The van der Waals surface area contributed by atoms with Gasteiger partial charge in [0.1, 0.15) is 5.82 Å². The molecule has 3 nitrogen and oxygen atoms in total. The van der Waals surface area contributed by atoms with Crippen molar-refractivity contribution in [3.8, 4) is 0 Å². The summed E-state index contributed by atoms with van der Waals surface area (Å²) in [5, 5.41) is 3.09. The number of hydrogen-bond donors (Lipinski definition) is 1. The van der Waals surface area contributed by atoms with Gasteiger partial charge < -0.3 is 10.2 Å². The smallest absolute Gasteiger partial charge is 0.257 e. The van der Waals surface area contributed by atoms with Crippen LogP contribution in [0.1, 0.15) is 29.6 Å². The van der Waals surface area contributed by atoms with Crippen LogP contribution >= 0.6 is 34.2 Å². The van der Waals surface area contributed by atoms with Crippen LogP contribution in [-0.2, 0) is 0 Å². The number of halogens is 3. The Hall–Kier alpha value is -1.34. The fourth-order valence-electron chi connectivity index (χ4n) is 2.85. The molecule has 0 spiro atoms. The molecule has 0 radical (unpaired) electrons. The largest absolute Gasteiger partial charge is 0.369 e. The highest BCUT2D eigenvalue weighted by molar-refractivity contribution is 14.1. The zero-order chi connectivity index (χ0) is 17.1. The molecule has 1 fully saturated rings. The summed E-state index contributed by atoms with van der Waals surface area (Å²) in [7, 11) is 0. The third-order valence-corrected chi connectivity index (χ3v) is 5.08. The Balaban J connectivity index is 1.77. The molecule has 0 atom stereocenters. The highest BCUT2D eigenvalue weighted by atomic mass is 127. The number of nitrogens with one attached hydrogen (secondary N) is 1. The van der Waals surface area contributed by atoms with Crippen molar-refractivity contribution < 1.29 is 9.18 Å². The van der Waals surface area contributed by atoms with E-state index in [2.05, 4.69) is 32.8 Å². The van der Waals surface area contributed by atoms with Crippen LogP contribution in [0.2, 0.25) is 5.02 Å². The number of amides is 1. The van der Waals surface area contributed by atoms with E-state index in [1.165, 1.54) is 12.5 Å². The molecule has 3 rings (SSSR count). The second kappa shape index (κ2) is 7.70. The van der Waals surface area contributed by atoms with E-state index in [9.17, 15) is 9.18 Å². The molecule has 0 unspecified atom stereocenters. The van der Waals surface area contributed by atoms with E-state index in [0.29, 0.717) is 22.0 Å². The maximum atomic E-state index is 14.4. The summed E-state index contributed by atoms with van der Waals surface area (Å²) in [5.74, 6) is -0.660. The van der Waals surface area contributed by atoms with E-state index in [1.54, 1.807) is 24.3 Å². The Labute approximate surface area is 159 Å². The summed E-state index contributed by atoms with van der Waals surface area (Å²) < 4.78 is 15.3. The van der Waals surface area contributed by atoms with Crippen molar-refractivity contribution >= 4 is 51.5 Å². The van der Waals surface area contributed by atoms with Gasteiger partial charge in [0.2, 0.25) is 0 Å². The molecule has 1 heterocycles.